The minimum Gasteiger partial charge on any atom is -0.357 e. The Kier molecular flexibility index (Phi) is 5.06. The van der Waals surface area contributed by atoms with E-state index in [1.807, 2.05) is 6.07 Å². The number of piperidine rings is 1. The summed E-state index contributed by atoms with van der Waals surface area (Å²) in [7, 11) is -3.95. The fourth-order valence-corrected chi connectivity index (χ4v) is 3.73. The summed E-state index contributed by atoms with van der Waals surface area (Å²) in [6.07, 6.45) is 5.08. The molecule has 2 aromatic rings. The predicted octanol–water partition coefficient (Wildman–Crippen LogP) is 2.08. The number of hydrogen-bond donors (Lipinski definition) is 1. The van der Waals surface area contributed by atoms with E-state index in [2.05, 4.69) is 19.6 Å². The van der Waals surface area contributed by atoms with Crippen molar-refractivity contribution in [3.8, 4) is 0 Å². The second-order valence-corrected chi connectivity index (χ2v) is 7.37. The third-order valence-electron chi connectivity index (χ3n) is 3.92. The number of hydrogen-bond acceptors (Lipinski definition) is 5. The molecule has 0 unspecified atom stereocenters. The molecule has 1 saturated heterocycles. The van der Waals surface area contributed by atoms with E-state index in [1.165, 1.54) is 24.6 Å². The van der Waals surface area contributed by atoms with Gasteiger partial charge in [-0.15, -0.1) is 0 Å². The monoisotopic (exact) mass is 350 g/mol. The maximum Gasteiger partial charge on any atom is 0.243 e. The van der Waals surface area contributed by atoms with Crippen LogP contribution in [0.3, 0.4) is 0 Å². The minimum atomic E-state index is -3.95. The van der Waals surface area contributed by atoms with Gasteiger partial charge in [0.15, 0.2) is 0 Å². The van der Waals surface area contributed by atoms with Crippen LogP contribution in [0, 0.1) is 5.82 Å². The van der Waals surface area contributed by atoms with Crippen LogP contribution in [-0.2, 0) is 16.6 Å². The normalized spacial score (nSPS) is 15.5. The standard InChI is InChI=1S/C16H19FN4O2S/c17-13-6-2-3-7-14(13)24(22,23)19-12-15-18-9-8-16(20-15)21-10-4-1-5-11-21/h2-3,6-9,19H,1,4-5,10-12H2. The smallest absolute Gasteiger partial charge is 0.243 e. The molecule has 2 heterocycles. The Morgan fingerprint density at radius 1 is 1.12 bits per heavy atom. The van der Waals surface area contributed by atoms with Crippen molar-refractivity contribution in [1.29, 1.82) is 0 Å². The Bertz CT molecular complexity index is 807. The highest BCUT2D eigenvalue weighted by Gasteiger charge is 2.19. The lowest BCUT2D eigenvalue weighted by Crippen LogP contribution is -2.31. The van der Waals surface area contributed by atoms with Gasteiger partial charge >= 0.3 is 0 Å². The third-order valence-corrected chi connectivity index (χ3v) is 5.35. The van der Waals surface area contributed by atoms with Crippen LogP contribution in [0.25, 0.3) is 0 Å². The maximum absolute atomic E-state index is 13.7. The van der Waals surface area contributed by atoms with Crippen molar-refractivity contribution in [2.24, 2.45) is 0 Å². The summed E-state index contributed by atoms with van der Waals surface area (Å²) in [6.45, 7) is 1.80. The molecule has 8 heteroatoms. The highest BCUT2D eigenvalue weighted by atomic mass is 32.2. The van der Waals surface area contributed by atoms with E-state index in [1.54, 1.807) is 6.20 Å². The van der Waals surface area contributed by atoms with Crippen molar-refractivity contribution in [2.75, 3.05) is 18.0 Å². The second kappa shape index (κ2) is 7.23. The zero-order chi connectivity index (χ0) is 17.0. The van der Waals surface area contributed by atoms with Crippen molar-refractivity contribution in [2.45, 2.75) is 30.7 Å². The van der Waals surface area contributed by atoms with E-state index in [0.29, 0.717) is 5.82 Å². The van der Waals surface area contributed by atoms with Gasteiger partial charge in [0.25, 0.3) is 0 Å². The molecule has 0 spiro atoms. The number of nitrogens with zero attached hydrogens (tertiary/aromatic N) is 3. The second-order valence-electron chi connectivity index (χ2n) is 5.63. The molecular formula is C16H19FN4O2S. The fourth-order valence-electron chi connectivity index (χ4n) is 2.67. The predicted molar refractivity (Wildman–Crippen MR) is 88.5 cm³/mol. The largest absolute Gasteiger partial charge is 0.357 e. The summed E-state index contributed by atoms with van der Waals surface area (Å²) in [6, 6.07) is 7.08. The molecule has 0 atom stereocenters. The average molecular weight is 350 g/mol. The highest BCUT2D eigenvalue weighted by molar-refractivity contribution is 7.89. The number of halogens is 1. The van der Waals surface area contributed by atoms with Crippen LogP contribution in [0.4, 0.5) is 10.2 Å². The molecule has 3 rings (SSSR count). The number of aromatic nitrogens is 2. The number of anilines is 1. The molecule has 0 amide bonds. The van der Waals surface area contributed by atoms with Gasteiger partial charge in [0.05, 0.1) is 6.54 Å². The zero-order valence-electron chi connectivity index (χ0n) is 13.2. The summed E-state index contributed by atoms with van der Waals surface area (Å²) < 4.78 is 40.4. The molecule has 0 aliphatic carbocycles. The van der Waals surface area contributed by atoms with Gasteiger partial charge in [0.1, 0.15) is 22.4 Å². The molecule has 0 radical (unpaired) electrons. The topological polar surface area (TPSA) is 75.2 Å². The fraction of sp³-hybridized carbons (Fsp3) is 0.375. The quantitative estimate of drug-likeness (QED) is 0.894. The van der Waals surface area contributed by atoms with E-state index in [-0.39, 0.29) is 11.4 Å². The Balaban J connectivity index is 1.71. The molecule has 0 saturated carbocycles. The first-order valence-electron chi connectivity index (χ1n) is 7.87. The summed E-state index contributed by atoms with van der Waals surface area (Å²) in [5, 5.41) is 0. The SMILES string of the molecule is O=S(=O)(NCc1nccc(N2CCCCC2)n1)c1ccccc1F. The zero-order valence-corrected chi connectivity index (χ0v) is 14.0. The van der Waals surface area contributed by atoms with Crippen LogP contribution in [0.1, 0.15) is 25.1 Å². The molecule has 1 aromatic heterocycles. The molecule has 6 nitrogen and oxygen atoms in total. The molecule has 0 bridgehead atoms. The summed E-state index contributed by atoms with van der Waals surface area (Å²) in [5.41, 5.74) is 0. The van der Waals surface area contributed by atoms with Crippen molar-refractivity contribution in [1.82, 2.24) is 14.7 Å². The van der Waals surface area contributed by atoms with Crippen molar-refractivity contribution < 1.29 is 12.8 Å². The van der Waals surface area contributed by atoms with Gasteiger partial charge in [-0.3, -0.25) is 0 Å². The molecule has 1 fully saturated rings. The molecule has 128 valence electrons. The van der Waals surface area contributed by atoms with Crippen LogP contribution in [0.2, 0.25) is 0 Å². The Hall–Kier alpha value is -2.06. The molecule has 1 aromatic carbocycles. The van der Waals surface area contributed by atoms with E-state index in [4.69, 9.17) is 0 Å². The first-order valence-corrected chi connectivity index (χ1v) is 9.36. The van der Waals surface area contributed by atoms with Crippen LogP contribution < -0.4 is 9.62 Å². The molecule has 1 N–H and O–H groups in total. The van der Waals surface area contributed by atoms with Gasteiger partial charge in [-0.05, 0) is 37.5 Å². The lowest BCUT2D eigenvalue weighted by Gasteiger charge is -2.27. The third kappa shape index (κ3) is 3.88. The van der Waals surface area contributed by atoms with Crippen LogP contribution >= 0.6 is 0 Å². The number of sulfonamides is 1. The molecule has 1 aliphatic rings. The van der Waals surface area contributed by atoms with E-state index >= 15 is 0 Å². The summed E-state index contributed by atoms with van der Waals surface area (Å²) >= 11 is 0. The lowest BCUT2D eigenvalue weighted by molar-refractivity contribution is 0.554. The first kappa shape index (κ1) is 16.8. The maximum atomic E-state index is 13.7. The Morgan fingerprint density at radius 3 is 2.62 bits per heavy atom. The number of benzene rings is 1. The average Bonchev–Trinajstić information content (AvgIpc) is 2.61. The van der Waals surface area contributed by atoms with Gasteiger partial charge in [-0.2, -0.15) is 0 Å². The summed E-state index contributed by atoms with van der Waals surface area (Å²) in [4.78, 5) is 10.3. The van der Waals surface area contributed by atoms with Gasteiger partial charge in [0.2, 0.25) is 10.0 Å². The molecule has 24 heavy (non-hydrogen) atoms. The molecular weight excluding hydrogens is 331 g/mol. The van der Waals surface area contributed by atoms with Crippen molar-refractivity contribution in [3.05, 3.63) is 48.2 Å². The van der Waals surface area contributed by atoms with Gasteiger partial charge in [0, 0.05) is 19.3 Å². The number of rotatable bonds is 5. The number of nitrogens with one attached hydrogen (secondary N) is 1. The van der Waals surface area contributed by atoms with Gasteiger partial charge < -0.3 is 4.90 Å². The first-order chi connectivity index (χ1) is 11.6. The van der Waals surface area contributed by atoms with E-state index in [0.717, 1.165) is 37.8 Å². The van der Waals surface area contributed by atoms with Crippen molar-refractivity contribution in [3.63, 3.8) is 0 Å². The van der Waals surface area contributed by atoms with Gasteiger partial charge in [-0.1, -0.05) is 12.1 Å². The Labute approximate surface area is 140 Å². The summed E-state index contributed by atoms with van der Waals surface area (Å²) in [5.74, 6) is 0.371. The van der Waals surface area contributed by atoms with E-state index < -0.39 is 15.8 Å². The van der Waals surface area contributed by atoms with E-state index in [9.17, 15) is 12.8 Å². The van der Waals surface area contributed by atoms with Crippen LogP contribution in [0.15, 0.2) is 41.4 Å². The Morgan fingerprint density at radius 2 is 1.88 bits per heavy atom. The molecule has 1 aliphatic heterocycles. The van der Waals surface area contributed by atoms with Crippen LogP contribution in [-0.4, -0.2) is 31.5 Å². The minimum absolute atomic E-state index is 0.0850. The lowest BCUT2D eigenvalue weighted by atomic mass is 10.1. The van der Waals surface area contributed by atoms with Crippen molar-refractivity contribution >= 4 is 15.8 Å². The van der Waals surface area contributed by atoms with Crippen LogP contribution in [0.5, 0.6) is 0 Å². The van der Waals surface area contributed by atoms with Gasteiger partial charge in [-0.25, -0.2) is 27.5 Å². The highest BCUT2D eigenvalue weighted by Crippen LogP contribution is 2.17.